The van der Waals surface area contributed by atoms with Gasteiger partial charge in [-0.25, -0.2) is 0 Å². The zero-order valence-electron chi connectivity index (χ0n) is 12.5. The van der Waals surface area contributed by atoms with Crippen LogP contribution in [0.5, 0.6) is 0 Å². The number of aromatic amines is 1. The molecular formula is C18H17BrN2O. The molecule has 0 unspecified atom stereocenters. The fourth-order valence-corrected chi connectivity index (χ4v) is 2.80. The number of amides is 1. The maximum absolute atomic E-state index is 12.7. The molecule has 2 aromatic carbocycles. The summed E-state index contributed by atoms with van der Waals surface area (Å²) in [7, 11) is 0. The number of fused-ring (bicyclic) bond motifs is 1. The molecule has 0 atom stereocenters. The quantitative estimate of drug-likeness (QED) is 0.692. The third-order valence-corrected chi connectivity index (χ3v) is 4.46. The van der Waals surface area contributed by atoms with E-state index in [0.29, 0.717) is 0 Å². The van der Waals surface area contributed by atoms with Crippen molar-refractivity contribution in [2.24, 2.45) is 0 Å². The van der Waals surface area contributed by atoms with Gasteiger partial charge in [0.05, 0.1) is 5.41 Å². The number of anilines is 1. The summed E-state index contributed by atoms with van der Waals surface area (Å²) in [5, 5.41) is 4.07. The Bertz CT molecular complexity index is 818. The largest absolute Gasteiger partial charge is 0.361 e. The number of hydrogen-bond donors (Lipinski definition) is 2. The SMILES string of the molecule is CC(C)(C(=O)Nc1ccc(Br)cc1)c1c[nH]c2ccccc12. The first-order valence-electron chi connectivity index (χ1n) is 7.12. The molecular weight excluding hydrogens is 340 g/mol. The number of halogens is 1. The predicted molar refractivity (Wildman–Crippen MR) is 94.1 cm³/mol. The molecule has 0 aliphatic carbocycles. The van der Waals surface area contributed by atoms with E-state index in [0.717, 1.165) is 26.6 Å². The molecule has 1 heterocycles. The van der Waals surface area contributed by atoms with Crippen LogP contribution in [0.1, 0.15) is 19.4 Å². The molecule has 22 heavy (non-hydrogen) atoms. The molecule has 1 amide bonds. The second-order valence-corrected chi connectivity index (χ2v) is 6.75. The molecule has 0 saturated heterocycles. The van der Waals surface area contributed by atoms with E-state index in [1.165, 1.54) is 0 Å². The number of benzene rings is 2. The van der Waals surface area contributed by atoms with Gasteiger partial charge in [0, 0.05) is 27.3 Å². The third kappa shape index (κ3) is 2.66. The highest BCUT2D eigenvalue weighted by atomic mass is 79.9. The van der Waals surface area contributed by atoms with Crippen LogP contribution in [0.15, 0.2) is 59.2 Å². The normalized spacial score (nSPS) is 11.6. The van der Waals surface area contributed by atoms with E-state index in [1.54, 1.807) is 0 Å². The van der Waals surface area contributed by atoms with Gasteiger partial charge in [0.2, 0.25) is 5.91 Å². The van der Waals surface area contributed by atoms with Crippen molar-refractivity contribution in [2.45, 2.75) is 19.3 Å². The van der Waals surface area contributed by atoms with Crippen molar-refractivity contribution in [3.05, 3.63) is 64.8 Å². The second kappa shape index (κ2) is 5.61. The molecule has 112 valence electrons. The fraction of sp³-hybridized carbons (Fsp3) is 0.167. The number of para-hydroxylation sites is 1. The molecule has 2 N–H and O–H groups in total. The van der Waals surface area contributed by atoms with Gasteiger partial charge in [-0.2, -0.15) is 0 Å². The molecule has 3 aromatic rings. The van der Waals surface area contributed by atoms with Gasteiger partial charge in [0.25, 0.3) is 0 Å². The van der Waals surface area contributed by atoms with Gasteiger partial charge in [0.1, 0.15) is 0 Å². The predicted octanol–water partition coefficient (Wildman–Crippen LogP) is 4.85. The number of nitrogens with one attached hydrogen (secondary N) is 2. The summed E-state index contributed by atoms with van der Waals surface area (Å²) in [5.74, 6) is -0.0282. The number of H-pyrrole nitrogens is 1. The van der Waals surface area contributed by atoms with Gasteiger partial charge in [0.15, 0.2) is 0 Å². The molecule has 0 spiro atoms. The average Bonchev–Trinajstić information content (AvgIpc) is 2.94. The smallest absolute Gasteiger partial charge is 0.234 e. The Hall–Kier alpha value is -2.07. The number of carbonyl (C=O) groups is 1. The molecule has 0 aliphatic rings. The summed E-state index contributed by atoms with van der Waals surface area (Å²) < 4.78 is 0.987. The molecule has 4 heteroatoms. The summed E-state index contributed by atoms with van der Waals surface area (Å²) >= 11 is 3.39. The van der Waals surface area contributed by atoms with Crippen molar-refractivity contribution in [3.63, 3.8) is 0 Å². The standard InChI is InChI=1S/C18H17BrN2O/c1-18(2,15-11-20-16-6-4-3-5-14(15)16)17(22)21-13-9-7-12(19)8-10-13/h3-11,20H,1-2H3,(H,21,22). The van der Waals surface area contributed by atoms with Crippen LogP contribution in [0, 0.1) is 0 Å². The van der Waals surface area contributed by atoms with Crippen LogP contribution in [0.3, 0.4) is 0 Å². The summed E-state index contributed by atoms with van der Waals surface area (Å²) in [6.07, 6.45) is 1.92. The van der Waals surface area contributed by atoms with Gasteiger partial charge in [-0.15, -0.1) is 0 Å². The first-order valence-corrected chi connectivity index (χ1v) is 7.91. The Kier molecular flexibility index (Phi) is 3.79. The Balaban J connectivity index is 1.91. The van der Waals surface area contributed by atoms with Crippen molar-refractivity contribution in [3.8, 4) is 0 Å². The molecule has 1 aromatic heterocycles. The van der Waals surface area contributed by atoms with Crippen LogP contribution in [-0.2, 0) is 10.2 Å². The zero-order valence-corrected chi connectivity index (χ0v) is 14.1. The van der Waals surface area contributed by atoms with E-state index in [2.05, 4.69) is 26.2 Å². The minimum Gasteiger partial charge on any atom is -0.361 e. The second-order valence-electron chi connectivity index (χ2n) is 5.83. The topological polar surface area (TPSA) is 44.9 Å². The highest BCUT2D eigenvalue weighted by Gasteiger charge is 2.32. The minimum absolute atomic E-state index is 0.0282. The zero-order chi connectivity index (χ0) is 15.7. The highest BCUT2D eigenvalue weighted by Crippen LogP contribution is 2.31. The van der Waals surface area contributed by atoms with Crippen LogP contribution in [0.4, 0.5) is 5.69 Å². The lowest BCUT2D eigenvalue weighted by molar-refractivity contribution is -0.120. The first kappa shape index (κ1) is 14.9. The summed E-state index contributed by atoms with van der Waals surface area (Å²) in [6.45, 7) is 3.88. The molecule has 0 saturated carbocycles. The van der Waals surface area contributed by atoms with E-state index in [1.807, 2.05) is 68.6 Å². The lowest BCUT2D eigenvalue weighted by atomic mass is 9.83. The Labute approximate surface area is 137 Å². The van der Waals surface area contributed by atoms with E-state index >= 15 is 0 Å². The summed E-state index contributed by atoms with van der Waals surface area (Å²) in [6, 6.07) is 15.6. The van der Waals surface area contributed by atoms with Gasteiger partial charge in [-0.3, -0.25) is 4.79 Å². The number of hydrogen-bond acceptors (Lipinski definition) is 1. The number of aromatic nitrogens is 1. The fourth-order valence-electron chi connectivity index (χ4n) is 2.53. The molecule has 3 rings (SSSR count). The van der Waals surface area contributed by atoms with Crippen molar-refractivity contribution >= 4 is 38.4 Å². The van der Waals surface area contributed by atoms with Gasteiger partial charge >= 0.3 is 0 Å². The van der Waals surface area contributed by atoms with Gasteiger partial charge < -0.3 is 10.3 Å². The van der Waals surface area contributed by atoms with E-state index in [4.69, 9.17) is 0 Å². The highest BCUT2D eigenvalue weighted by molar-refractivity contribution is 9.10. The Morgan fingerprint density at radius 1 is 1.09 bits per heavy atom. The molecule has 0 radical (unpaired) electrons. The van der Waals surface area contributed by atoms with Gasteiger partial charge in [-0.05, 0) is 49.7 Å². The monoisotopic (exact) mass is 356 g/mol. The molecule has 0 fully saturated rings. The average molecular weight is 357 g/mol. The molecule has 0 aliphatic heterocycles. The lowest BCUT2D eigenvalue weighted by Crippen LogP contribution is -2.34. The lowest BCUT2D eigenvalue weighted by Gasteiger charge is -2.23. The number of rotatable bonds is 3. The maximum atomic E-state index is 12.7. The first-order chi connectivity index (χ1) is 10.5. The maximum Gasteiger partial charge on any atom is 0.234 e. The van der Waals surface area contributed by atoms with E-state index in [9.17, 15) is 4.79 Å². The minimum atomic E-state index is -0.632. The Morgan fingerprint density at radius 2 is 1.77 bits per heavy atom. The molecule has 0 bridgehead atoms. The van der Waals surface area contributed by atoms with Gasteiger partial charge in [-0.1, -0.05) is 34.1 Å². The Morgan fingerprint density at radius 3 is 2.50 bits per heavy atom. The van der Waals surface area contributed by atoms with E-state index < -0.39 is 5.41 Å². The van der Waals surface area contributed by atoms with Crippen molar-refractivity contribution in [1.29, 1.82) is 0 Å². The van der Waals surface area contributed by atoms with Crippen LogP contribution >= 0.6 is 15.9 Å². The number of carbonyl (C=O) groups excluding carboxylic acids is 1. The summed E-state index contributed by atoms with van der Waals surface area (Å²) in [5.41, 5.74) is 2.20. The van der Waals surface area contributed by atoms with Crippen molar-refractivity contribution < 1.29 is 4.79 Å². The van der Waals surface area contributed by atoms with Crippen LogP contribution in [-0.4, -0.2) is 10.9 Å². The van der Waals surface area contributed by atoms with Crippen LogP contribution in [0.2, 0.25) is 0 Å². The summed E-state index contributed by atoms with van der Waals surface area (Å²) in [4.78, 5) is 16.0. The van der Waals surface area contributed by atoms with Crippen molar-refractivity contribution in [1.82, 2.24) is 4.98 Å². The van der Waals surface area contributed by atoms with Crippen LogP contribution in [0.25, 0.3) is 10.9 Å². The molecule has 3 nitrogen and oxygen atoms in total. The van der Waals surface area contributed by atoms with E-state index in [-0.39, 0.29) is 5.91 Å². The third-order valence-electron chi connectivity index (χ3n) is 3.93. The van der Waals surface area contributed by atoms with Crippen LogP contribution < -0.4 is 5.32 Å². The van der Waals surface area contributed by atoms with Crippen molar-refractivity contribution in [2.75, 3.05) is 5.32 Å².